The first-order valence-electron chi connectivity index (χ1n) is 6.73. The molecular weight excluding hydrogens is 212 g/mol. The Bertz CT molecular complexity index is 388. The summed E-state index contributed by atoms with van der Waals surface area (Å²) in [6, 6.07) is 8.36. The minimum absolute atomic E-state index is 0.554. The quantitative estimate of drug-likeness (QED) is 0.744. The molecule has 2 fully saturated rings. The standard InChI is InChI=1S/C15H20O2/c1-2-12-5-3-4-6-13(12)16-10-11-7-8-14-15(9-11)17-14/h3-6,11,14-15H,2,7-10H2,1H3. The van der Waals surface area contributed by atoms with Gasteiger partial charge in [-0.3, -0.25) is 0 Å². The predicted molar refractivity (Wildman–Crippen MR) is 67.3 cm³/mol. The van der Waals surface area contributed by atoms with Gasteiger partial charge in [-0.05, 0) is 43.2 Å². The number of benzene rings is 1. The van der Waals surface area contributed by atoms with E-state index in [4.69, 9.17) is 9.47 Å². The lowest BCUT2D eigenvalue weighted by atomic mass is 9.90. The van der Waals surface area contributed by atoms with E-state index >= 15 is 0 Å². The largest absolute Gasteiger partial charge is 0.493 e. The molecule has 1 aliphatic carbocycles. The molecule has 0 N–H and O–H groups in total. The fraction of sp³-hybridized carbons (Fsp3) is 0.600. The molecule has 0 aromatic heterocycles. The van der Waals surface area contributed by atoms with E-state index in [1.165, 1.54) is 24.8 Å². The summed E-state index contributed by atoms with van der Waals surface area (Å²) in [7, 11) is 0. The third kappa shape index (κ3) is 2.47. The summed E-state index contributed by atoms with van der Waals surface area (Å²) in [5, 5.41) is 0. The molecule has 17 heavy (non-hydrogen) atoms. The first kappa shape index (κ1) is 11.1. The monoisotopic (exact) mass is 232 g/mol. The van der Waals surface area contributed by atoms with Crippen LogP contribution in [0.4, 0.5) is 0 Å². The minimum Gasteiger partial charge on any atom is -0.493 e. The SMILES string of the molecule is CCc1ccccc1OCC1CCC2OC2C1. The van der Waals surface area contributed by atoms with Crippen LogP contribution in [0, 0.1) is 5.92 Å². The van der Waals surface area contributed by atoms with Crippen LogP contribution in [0.5, 0.6) is 5.75 Å². The molecule has 92 valence electrons. The Kier molecular flexibility index (Phi) is 3.06. The fourth-order valence-corrected chi connectivity index (χ4v) is 2.78. The van der Waals surface area contributed by atoms with Gasteiger partial charge in [0.15, 0.2) is 0 Å². The molecule has 3 rings (SSSR count). The lowest BCUT2D eigenvalue weighted by molar-refractivity contribution is 0.215. The van der Waals surface area contributed by atoms with Gasteiger partial charge in [-0.15, -0.1) is 0 Å². The Morgan fingerprint density at radius 1 is 1.24 bits per heavy atom. The van der Waals surface area contributed by atoms with Crippen molar-refractivity contribution in [2.24, 2.45) is 5.92 Å². The van der Waals surface area contributed by atoms with Crippen molar-refractivity contribution in [3.8, 4) is 5.75 Å². The summed E-state index contributed by atoms with van der Waals surface area (Å²) in [5.41, 5.74) is 1.31. The van der Waals surface area contributed by atoms with Gasteiger partial charge in [-0.2, -0.15) is 0 Å². The molecule has 0 amide bonds. The second-order valence-corrected chi connectivity index (χ2v) is 5.16. The second-order valence-electron chi connectivity index (χ2n) is 5.16. The Labute approximate surface area is 103 Å². The average molecular weight is 232 g/mol. The Morgan fingerprint density at radius 3 is 2.94 bits per heavy atom. The third-order valence-corrected chi connectivity index (χ3v) is 3.94. The molecule has 1 saturated carbocycles. The predicted octanol–water partition coefficient (Wildman–Crippen LogP) is 3.20. The molecule has 0 spiro atoms. The molecule has 1 aromatic rings. The van der Waals surface area contributed by atoms with Crippen LogP contribution in [-0.4, -0.2) is 18.8 Å². The molecule has 0 bridgehead atoms. The summed E-state index contributed by atoms with van der Waals surface area (Å²) >= 11 is 0. The van der Waals surface area contributed by atoms with Gasteiger partial charge in [0.25, 0.3) is 0 Å². The molecule has 0 radical (unpaired) electrons. The number of rotatable bonds is 4. The van der Waals surface area contributed by atoms with Gasteiger partial charge in [0.2, 0.25) is 0 Å². The molecule has 3 atom stereocenters. The molecule has 1 aromatic carbocycles. The highest BCUT2D eigenvalue weighted by molar-refractivity contribution is 5.33. The number of fused-ring (bicyclic) bond motifs is 1. The minimum atomic E-state index is 0.554. The lowest BCUT2D eigenvalue weighted by Gasteiger charge is -2.20. The molecule has 2 nitrogen and oxygen atoms in total. The van der Waals surface area contributed by atoms with E-state index in [0.717, 1.165) is 18.8 Å². The number of ether oxygens (including phenoxy) is 2. The van der Waals surface area contributed by atoms with E-state index in [2.05, 4.69) is 31.2 Å². The van der Waals surface area contributed by atoms with Crippen LogP contribution in [0.3, 0.4) is 0 Å². The Morgan fingerprint density at radius 2 is 2.12 bits per heavy atom. The maximum absolute atomic E-state index is 5.98. The van der Waals surface area contributed by atoms with Gasteiger partial charge in [0, 0.05) is 0 Å². The molecule has 1 aliphatic heterocycles. The highest BCUT2D eigenvalue weighted by Gasteiger charge is 2.43. The van der Waals surface area contributed by atoms with Crippen LogP contribution in [0.25, 0.3) is 0 Å². The zero-order valence-electron chi connectivity index (χ0n) is 10.4. The molecule has 2 heteroatoms. The Hall–Kier alpha value is -1.02. The van der Waals surface area contributed by atoms with Gasteiger partial charge in [-0.1, -0.05) is 25.1 Å². The van der Waals surface area contributed by atoms with Crippen LogP contribution in [0.1, 0.15) is 31.7 Å². The van der Waals surface area contributed by atoms with Crippen LogP contribution >= 0.6 is 0 Å². The van der Waals surface area contributed by atoms with Crippen molar-refractivity contribution in [2.45, 2.75) is 44.8 Å². The maximum Gasteiger partial charge on any atom is 0.122 e. The van der Waals surface area contributed by atoms with Crippen LogP contribution in [0.2, 0.25) is 0 Å². The van der Waals surface area contributed by atoms with E-state index in [0.29, 0.717) is 18.1 Å². The van der Waals surface area contributed by atoms with Gasteiger partial charge in [-0.25, -0.2) is 0 Å². The van der Waals surface area contributed by atoms with E-state index in [1.54, 1.807) is 0 Å². The lowest BCUT2D eigenvalue weighted by Crippen LogP contribution is -2.20. The first-order valence-corrected chi connectivity index (χ1v) is 6.73. The van der Waals surface area contributed by atoms with Crippen molar-refractivity contribution in [3.05, 3.63) is 29.8 Å². The smallest absolute Gasteiger partial charge is 0.122 e. The van der Waals surface area contributed by atoms with Gasteiger partial charge < -0.3 is 9.47 Å². The fourth-order valence-electron chi connectivity index (χ4n) is 2.78. The summed E-state index contributed by atoms with van der Waals surface area (Å²) in [5.74, 6) is 1.75. The molecule has 3 unspecified atom stereocenters. The van der Waals surface area contributed by atoms with E-state index in [1.807, 2.05) is 0 Å². The van der Waals surface area contributed by atoms with Crippen molar-refractivity contribution in [2.75, 3.05) is 6.61 Å². The second kappa shape index (κ2) is 4.69. The number of hydrogen-bond acceptors (Lipinski definition) is 2. The summed E-state index contributed by atoms with van der Waals surface area (Å²) in [4.78, 5) is 0. The summed E-state index contributed by atoms with van der Waals surface area (Å²) < 4.78 is 11.5. The topological polar surface area (TPSA) is 21.8 Å². The van der Waals surface area contributed by atoms with Crippen LogP contribution in [0.15, 0.2) is 24.3 Å². The highest BCUT2D eigenvalue weighted by atomic mass is 16.6. The average Bonchev–Trinajstić information content (AvgIpc) is 3.15. The van der Waals surface area contributed by atoms with Crippen molar-refractivity contribution in [3.63, 3.8) is 0 Å². The van der Waals surface area contributed by atoms with Crippen molar-refractivity contribution in [1.82, 2.24) is 0 Å². The van der Waals surface area contributed by atoms with E-state index in [-0.39, 0.29) is 0 Å². The number of para-hydroxylation sites is 1. The van der Waals surface area contributed by atoms with Crippen LogP contribution in [-0.2, 0) is 11.2 Å². The van der Waals surface area contributed by atoms with Crippen molar-refractivity contribution in [1.29, 1.82) is 0 Å². The first-order chi connectivity index (χ1) is 8.36. The molecule has 1 heterocycles. The molecule has 1 saturated heterocycles. The van der Waals surface area contributed by atoms with Gasteiger partial charge in [0.05, 0.1) is 18.8 Å². The zero-order chi connectivity index (χ0) is 11.7. The molecule has 2 aliphatic rings. The maximum atomic E-state index is 5.98. The van der Waals surface area contributed by atoms with Crippen molar-refractivity contribution >= 4 is 0 Å². The summed E-state index contributed by atoms with van der Waals surface area (Å²) in [6.07, 6.45) is 5.87. The van der Waals surface area contributed by atoms with Crippen molar-refractivity contribution < 1.29 is 9.47 Å². The summed E-state index contributed by atoms with van der Waals surface area (Å²) in [6.45, 7) is 3.02. The third-order valence-electron chi connectivity index (χ3n) is 3.94. The number of epoxide rings is 1. The Balaban J connectivity index is 1.55. The van der Waals surface area contributed by atoms with Crippen LogP contribution < -0.4 is 4.74 Å². The number of hydrogen-bond donors (Lipinski definition) is 0. The molecular formula is C15H20O2. The highest BCUT2D eigenvalue weighted by Crippen LogP contribution is 2.39. The van der Waals surface area contributed by atoms with Gasteiger partial charge >= 0.3 is 0 Å². The van der Waals surface area contributed by atoms with E-state index < -0.39 is 0 Å². The van der Waals surface area contributed by atoms with Gasteiger partial charge in [0.1, 0.15) is 5.75 Å². The van der Waals surface area contributed by atoms with E-state index in [9.17, 15) is 0 Å². The number of aryl methyl sites for hydroxylation is 1. The zero-order valence-corrected chi connectivity index (χ0v) is 10.4. The normalized spacial score (nSPS) is 30.8.